The summed E-state index contributed by atoms with van der Waals surface area (Å²) in [5, 5.41) is 17.8. The fourth-order valence-corrected chi connectivity index (χ4v) is 12.5. The van der Waals surface area contributed by atoms with Crippen molar-refractivity contribution in [2.24, 2.45) is 22.5 Å². The first-order chi connectivity index (χ1) is 36.2. The van der Waals surface area contributed by atoms with Gasteiger partial charge in [0.05, 0.1) is 52.1 Å². The molecule has 1 aromatic carbocycles. The number of nitrogens with two attached hydrogens (primary N) is 1. The number of aryl methyl sites for hydroxylation is 1. The number of carbonyl (C=O) groups excluding carboxylic acids is 5. The second-order valence-corrected chi connectivity index (χ2v) is 24.8. The van der Waals surface area contributed by atoms with E-state index in [0.29, 0.717) is 75.1 Å². The molecule has 3 aromatic heterocycles. The molecule has 1 saturated carbocycles. The van der Waals surface area contributed by atoms with Crippen LogP contribution in [0.2, 0.25) is 5.02 Å². The molecule has 4 aromatic rings. The average Bonchev–Trinajstić information content (AvgIpc) is 3.82. The minimum absolute atomic E-state index is 0.0550. The molecule has 4 aliphatic heterocycles. The number of piperidine rings is 2. The molecule has 5 amide bonds. The predicted octanol–water partition coefficient (Wildman–Crippen LogP) is 5.80. The summed E-state index contributed by atoms with van der Waals surface area (Å²) in [6, 6.07) is 6.33. The zero-order valence-electron chi connectivity index (χ0n) is 44.0. The zero-order chi connectivity index (χ0) is 54.1. The van der Waals surface area contributed by atoms with Crippen LogP contribution in [0, 0.1) is 23.7 Å². The first-order valence-corrected chi connectivity index (χ1v) is 28.5. The van der Waals surface area contributed by atoms with E-state index in [2.05, 4.69) is 37.3 Å². The Bertz CT molecular complexity index is 2750. The Morgan fingerprint density at radius 3 is 2.18 bits per heavy atom. The lowest BCUT2D eigenvalue weighted by Crippen LogP contribution is -2.59. The van der Waals surface area contributed by atoms with Gasteiger partial charge in [-0.2, -0.15) is 0 Å². The molecule has 5 fully saturated rings. The number of nitrogens with one attached hydrogen (secondary N) is 2. The molecule has 1 aliphatic carbocycles. The summed E-state index contributed by atoms with van der Waals surface area (Å²) < 4.78 is 14.8. The Hall–Kier alpha value is -5.48. The van der Waals surface area contributed by atoms with Crippen molar-refractivity contribution in [2.75, 3.05) is 75.2 Å². The highest BCUT2D eigenvalue weighted by Crippen LogP contribution is 2.42. The van der Waals surface area contributed by atoms with Crippen LogP contribution in [0.1, 0.15) is 96.4 Å². The van der Waals surface area contributed by atoms with Crippen molar-refractivity contribution in [1.29, 1.82) is 0 Å². The summed E-state index contributed by atoms with van der Waals surface area (Å²) in [6.45, 7) is 14.3. The number of carbonyl (C=O) groups is 5. The number of nitrogens with zero attached hydrogens (tertiary/aromatic N) is 9. The maximum Gasteiger partial charge on any atom is 0.258 e. The second-order valence-electron chi connectivity index (χ2n) is 22.5. The van der Waals surface area contributed by atoms with Crippen molar-refractivity contribution in [3.8, 4) is 10.4 Å². The van der Waals surface area contributed by atoms with Gasteiger partial charge in [-0.25, -0.2) is 24.3 Å². The molecule has 0 bridgehead atoms. The van der Waals surface area contributed by atoms with Crippen LogP contribution in [0.5, 0.6) is 0 Å². The number of aromatic nitrogens is 4. The number of likely N-dealkylation sites (tertiary alicyclic amines) is 1. The molecule has 22 heteroatoms. The predicted molar refractivity (Wildman–Crippen MR) is 290 cm³/mol. The number of pyridine rings is 1. The summed E-state index contributed by atoms with van der Waals surface area (Å²) >= 11 is 9.95. The highest BCUT2D eigenvalue weighted by atomic mass is 35.5. The van der Waals surface area contributed by atoms with E-state index in [1.165, 1.54) is 28.0 Å². The highest BCUT2D eigenvalue weighted by molar-refractivity contribution is 7.99. The van der Waals surface area contributed by atoms with Crippen LogP contribution >= 0.6 is 34.7 Å². The number of aliphatic hydroxyl groups excluding tert-OH is 1. The molecule has 5 N–H and O–H groups in total. The Morgan fingerprint density at radius 2 is 1.58 bits per heavy atom. The van der Waals surface area contributed by atoms with Crippen molar-refractivity contribution >= 4 is 75.9 Å². The van der Waals surface area contributed by atoms with Gasteiger partial charge in [0, 0.05) is 82.3 Å². The van der Waals surface area contributed by atoms with Gasteiger partial charge < -0.3 is 46.0 Å². The molecular formula is C54H70ClFN12O6S2. The van der Waals surface area contributed by atoms with Crippen molar-refractivity contribution < 1.29 is 33.5 Å². The van der Waals surface area contributed by atoms with Crippen molar-refractivity contribution in [3.63, 3.8) is 0 Å². The zero-order valence-corrected chi connectivity index (χ0v) is 46.4. The van der Waals surface area contributed by atoms with Gasteiger partial charge in [0.2, 0.25) is 23.6 Å². The van der Waals surface area contributed by atoms with Crippen LogP contribution < -0.4 is 26.2 Å². The van der Waals surface area contributed by atoms with Gasteiger partial charge in [0.1, 0.15) is 28.7 Å². The van der Waals surface area contributed by atoms with Gasteiger partial charge in [-0.3, -0.25) is 24.0 Å². The van der Waals surface area contributed by atoms with Crippen LogP contribution in [0.3, 0.4) is 0 Å². The molecule has 4 saturated heterocycles. The average molecular weight is 1100 g/mol. The number of aliphatic hydroxyl groups is 1. The lowest BCUT2D eigenvalue weighted by atomic mass is 9.80. The number of halogens is 2. The van der Waals surface area contributed by atoms with E-state index in [-0.39, 0.29) is 55.4 Å². The molecule has 0 spiro atoms. The third kappa shape index (κ3) is 12.4. The van der Waals surface area contributed by atoms with E-state index >= 15 is 0 Å². The van der Waals surface area contributed by atoms with E-state index in [1.807, 2.05) is 48.4 Å². The molecule has 7 heterocycles. The van der Waals surface area contributed by atoms with Gasteiger partial charge in [-0.05, 0) is 80.0 Å². The molecule has 76 heavy (non-hydrogen) atoms. The smallest absolute Gasteiger partial charge is 0.258 e. The number of alkyl halides is 1. The van der Waals surface area contributed by atoms with Crippen molar-refractivity contribution in [2.45, 2.75) is 126 Å². The van der Waals surface area contributed by atoms with Crippen LogP contribution in [-0.2, 0) is 24.0 Å². The highest BCUT2D eigenvalue weighted by Gasteiger charge is 2.53. The standard InChI is InChI=1S/C54H70ClFN12O6S2/c1-33-45(75-32-61-33)35-8-6-34(7-9-35)38(62-48(71)39-26-37(69)30-68(39)50(73)46(52(2,3)4)63-51(74)54(56)13-14-54)27-43(70)65-22-24-67(25-23-65)49(72)36-11-18-66(19-12-36)47-44(55)40(10-17-58-47)76-42-29-59-41(28-60-42)64-20-15-53(5,31-57)16-21-64/h6-10,17,28-29,32,36-39,46,69H,11-16,18-27,30-31,57H2,1-5H3,(H,62,71)(H,63,74)/t37-,38+,39+,46-/m1/s1. The van der Waals surface area contributed by atoms with E-state index in [1.54, 1.807) is 43.6 Å². The summed E-state index contributed by atoms with van der Waals surface area (Å²) in [4.78, 5) is 99.2. The van der Waals surface area contributed by atoms with Crippen LogP contribution in [-0.4, -0.2) is 159 Å². The molecule has 9 rings (SSSR count). The summed E-state index contributed by atoms with van der Waals surface area (Å²) in [5.74, 6) is -0.877. The number of anilines is 2. The first-order valence-electron chi connectivity index (χ1n) is 26.4. The Kier molecular flexibility index (Phi) is 16.6. The van der Waals surface area contributed by atoms with E-state index < -0.39 is 53.0 Å². The summed E-state index contributed by atoms with van der Waals surface area (Å²) in [6.07, 6.45) is 7.56. The largest absolute Gasteiger partial charge is 0.391 e. The van der Waals surface area contributed by atoms with Crippen LogP contribution in [0.4, 0.5) is 16.0 Å². The van der Waals surface area contributed by atoms with Gasteiger partial charge >= 0.3 is 0 Å². The molecular weight excluding hydrogens is 1030 g/mol. The van der Waals surface area contributed by atoms with Gasteiger partial charge in [-0.15, -0.1) is 11.3 Å². The van der Waals surface area contributed by atoms with E-state index in [9.17, 15) is 33.5 Å². The normalized spacial score (nSPS) is 21.5. The summed E-state index contributed by atoms with van der Waals surface area (Å²) in [5.41, 5.74) is 7.56. The number of thiazole rings is 1. The molecule has 408 valence electrons. The fourth-order valence-electron chi connectivity index (χ4n) is 10.6. The minimum Gasteiger partial charge on any atom is -0.391 e. The first kappa shape index (κ1) is 55.3. The lowest BCUT2D eigenvalue weighted by Gasteiger charge is -2.39. The lowest BCUT2D eigenvalue weighted by molar-refractivity contribution is -0.145. The maximum absolute atomic E-state index is 14.8. The third-order valence-electron chi connectivity index (χ3n) is 15.9. The number of hydrogen-bond donors (Lipinski definition) is 4. The second kappa shape index (κ2) is 22.8. The number of rotatable bonds is 15. The summed E-state index contributed by atoms with van der Waals surface area (Å²) in [7, 11) is 0. The van der Waals surface area contributed by atoms with Gasteiger partial charge in [0.15, 0.2) is 5.67 Å². The Labute approximate surface area is 457 Å². The van der Waals surface area contributed by atoms with E-state index in [0.717, 1.165) is 57.8 Å². The molecule has 4 atom stereocenters. The van der Waals surface area contributed by atoms with Crippen LogP contribution in [0.25, 0.3) is 10.4 Å². The fraction of sp³-hybridized carbons (Fsp3) is 0.574. The Balaban J connectivity index is 0.801. The minimum atomic E-state index is -2.02. The quantitative estimate of drug-likeness (QED) is 0.111. The number of piperazine rings is 1. The topological polar surface area (TPSA) is 223 Å². The van der Waals surface area contributed by atoms with Gasteiger partial charge in [0.25, 0.3) is 5.91 Å². The maximum atomic E-state index is 14.8. The monoisotopic (exact) mass is 1100 g/mol. The van der Waals surface area contributed by atoms with E-state index in [4.69, 9.17) is 27.3 Å². The van der Waals surface area contributed by atoms with Gasteiger partial charge in [-0.1, -0.05) is 75.3 Å². The number of benzene rings is 1. The molecule has 18 nitrogen and oxygen atoms in total. The van der Waals surface area contributed by atoms with Crippen LogP contribution in [0.15, 0.2) is 64.4 Å². The number of β-amino-alcohol motifs (C(OH)–C–C–N with tert-alkyl or cyclic N) is 1. The molecule has 0 unspecified atom stereocenters. The van der Waals surface area contributed by atoms with Crippen molar-refractivity contribution in [3.05, 3.63) is 70.7 Å². The SMILES string of the molecule is Cc1ncsc1-c1ccc([C@H](CC(=O)N2CCN(C(=O)C3CCN(c4nccc(Sc5cnc(N6CCC(C)(CN)CC6)cn5)c4Cl)CC3)CC2)NC(=O)[C@@H]2C[C@@H](O)CN2C(=O)[C@@H](NC(=O)C2(F)CC2)C(C)(C)C)cc1. The van der Waals surface area contributed by atoms with Crippen molar-refractivity contribution in [1.82, 2.24) is 45.3 Å². The third-order valence-corrected chi connectivity index (χ3v) is 18.3. The molecule has 0 radical (unpaired) electrons. The number of amides is 5. The Morgan fingerprint density at radius 1 is 0.895 bits per heavy atom. The molecule has 5 aliphatic rings. The number of hydrogen-bond acceptors (Lipinski definition) is 15.